The van der Waals surface area contributed by atoms with E-state index in [4.69, 9.17) is 14.5 Å². The number of hydrogen-bond donors (Lipinski definition) is 1. The second kappa shape index (κ2) is 10.6. The van der Waals surface area contributed by atoms with E-state index in [1.54, 1.807) is 7.11 Å². The molecule has 2 aromatic rings. The van der Waals surface area contributed by atoms with Crippen molar-refractivity contribution >= 4 is 5.96 Å². The number of aryl methyl sites for hydroxylation is 1. The summed E-state index contributed by atoms with van der Waals surface area (Å²) in [5.41, 5.74) is 2.35. The molecule has 0 aliphatic rings. The predicted octanol–water partition coefficient (Wildman–Crippen LogP) is 3.03. The van der Waals surface area contributed by atoms with Crippen LogP contribution in [0.25, 0.3) is 0 Å². The zero-order valence-electron chi connectivity index (χ0n) is 17.9. The van der Waals surface area contributed by atoms with E-state index in [-0.39, 0.29) is 0 Å². The minimum Gasteiger partial charge on any atom is -0.497 e. The molecule has 2 rings (SSSR count). The van der Waals surface area contributed by atoms with Crippen LogP contribution in [-0.2, 0) is 13.6 Å². The molecule has 7 heteroatoms. The van der Waals surface area contributed by atoms with Crippen LogP contribution in [0.3, 0.4) is 0 Å². The molecule has 0 aliphatic heterocycles. The average molecular weight is 388 g/mol. The van der Waals surface area contributed by atoms with Crippen LogP contribution >= 0.6 is 0 Å². The molecule has 0 saturated heterocycles. The highest BCUT2D eigenvalue weighted by molar-refractivity contribution is 5.79. The number of guanidine groups is 1. The van der Waals surface area contributed by atoms with E-state index >= 15 is 0 Å². The highest BCUT2D eigenvalue weighted by atomic mass is 16.5. The number of ether oxygens (including phenoxy) is 2. The van der Waals surface area contributed by atoms with Crippen molar-refractivity contribution in [1.82, 2.24) is 20.0 Å². The molecule has 0 spiro atoms. The molecular weight excluding hydrogens is 354 g/mol. The van der Waals surface area contributed by atoms with Gasteiger partial charge in [0.15, 0.2) is 5.96 Å². The van der Waals surface area contributed by atoms with Crippen LogP contribution in [0.15, 0.2) is 35.5 Å². The van der Waals surface area contributed by atoms with Crippen molar-refractivity contribution in [3.05, 3.63) is 41.7 Å². The fourth-order valence-electron chi connectivity index (χ4n) is 2.95. The number of benzene rings is 1. The summed E-state index contributed by atoms with van der Waals surface area (Å²) < 4.78 is 12.8. The molecule has 0 atom stereocenters. The van der Waals surface area contributed by atoms with Crippen molar-refractivity contribution in [2.45, 2.75) is 33.2 Å². The first kappa shape index (κ1) is 21.6. The van der Waals surface area contributed by atoms with Crippen LogP contribution in [0.1, 0.15) is 37.9 Å². The highest BCUT2D eigenvalue weighted by Gasteiger charge is 2.15. The van der Waals surface area contributed by atoms with Crippen LogP contribution in [0.4, 0.5) is 0 Å². The van der Waals surface area contributed by atoms with Crippen LogP contribution in [0.5, 0.6) is 11.5 Å². The molecule has 1 aromatic carbocycles. The van der Waals surface area contributed by atoms with Crippen molar-refractivity contribution in [1.29, 1.82) is 0 Å². The normalized spacial score (nSPS) is 11.6. The van der Waals surface area contributed by atoms with Crippen LogP contribution in [-0.4, -0.2) is 54.5 Å². The van der Waals surface area contributed by atoms with Crippen LogP contribution in [0, 0.1) is 0 Å². The molecule has 7 nitrogen and oxygen atoms in total. The summed E-state index contributed by atoms with van der Waals surface area (Å²) in [6.07, 6.45) is 2.09. The number of hydrogen-bond acceptors (Lipinski definition) is 4. The maximum atomic E-state index is 5.76. The Morgan fingerprint density at radius 2 is 1.93 bits per heavy atom. The average Bonchev–Trinajstić information content (AvgIpc) is 3.05. The monoisotopic (exact) mass is 387 g/mol. The number of nitrogens with one attached hydrogen (secondary N) is 1. The number of aromatic nitrogens is 2. The fraction of sp³-hybridized carbons (Fsp3) is 0.524. The Morgan fingerprint density at radius 3 is 2.54 bits per heavy atom. The van der Waals surface area contributed by atoms with Gasteiger partial charge < -0.3 is 19.7 Å². The van der Waals surface area contributed by atoms with E-state index in [1.807, 2.05) is 43.0 Å². The van der Waals surface area contributed by atoms with E-state index in [9.17, 15) is 0 Å². The van der Waals surface area contributed by atoms with Crippen molar-refractivity contribution < 1.29 is 9.47 Å². The maximum Gasteiger partial charge on any atom is 0.194 e. The highest BCUT2D eigenvalue weighted by Crippen LogP contribution is 2.19. The Hall–Kier alpha value is -2.70. The number of methoxy groups -OCH3 is 1. The third-order valence-electron chi connectivity index (χ3n) is 4.27. The minimum absolute atomic E-state index is 0.391. The second-order valence-corrected chi connectivity index (χ2v) is 6.98. The molecule has 0 aliphatic carbocycles. The lowest BCUT2D eigenvalue weighted by molar-refractivity contribution is 0.326. The Balaban J connectivity index is 1.94. The summed E-state index contributed by atoms with van der Waals surface area (Å²) in [6, 6.07) is 7.57. The standard InChI is InChI=1S/C21H33N5O2/c1-7-22-21(23-12-13-28-19-10-8-18(27-6)9-11-19)25(4)14-17-15-26(5)24-20(17)16(2)3/h8-11,15-16H,7,12-14H2,1-6H3,(H,22,23). The maximum absolute atomic E-state index is 5.76. The lowest BCUT2D eigenvalue weighted by atomic mass is 10.1. The molecule has 154 valence electrons. The summed E-state index contributed by atoms with van der Waals surface area (Å²) in [5, 5.41) is 7.94. The Morgan fingerprint density at radius 1 is 1.25 bits per heavy atom. The first-order valence-corrected chi connectivity index (χ1v) is 9.73. The molecule has 0 saturated carbocycles. The second-order valence-electron chi connectivity index (χ2n) is 6.98. The van der Waals surface area contributed by atoms with Crippen molar-refractivity contribution in [2.75, 3.05) is 33.9 Å². The largest absolute Gasteiger partial charge is 0.497 e. The molecule has 0 amide bonds. The Bertz CT molecular complexity index is 753. The zero-order valence-corrected chi connectivity index (χ0v) is 17.9. The molecule has 28 heavy (non-hydrogen) atoms. The molecule has 1 N–H and O–H groups in total. The first-order chi connectivity index (χ1) is 13.4. The summed E-state index contributed by atoms with van der Waals surface area (Å²) in [6.45, 7) is 9.06. The van der Waals surface area contributed by atoms with E-state index in [0.717, 1.165) is 36.2 Å². The third-order valence-corrected chi connectivity index (χ3v) is 4.27. The Kier molecular flexibility index (Phi) is 8.17. The molecule has 1 aromatic heterocycles. The Labute approximate surface area is 168 Å². The SMILES string of the molecule is CCNC(=NCCOc1ccc(OC)cc1)N(C)Cc1cn(C)nc1C(C)C. The third kappa shape index (κ3) is 6.18. The van der Waals surface area contributed by atoms with Crippen molar-refractivity contribution in [2.24, 2.45) is 12.0 Å². The molecule has 1 heterocycles. The summed E-state index contributed by atoms with van der Waals surface area (Å²) >= 11 is 0. The van der Waals surface area contributed by atoms with Gasteiger partial charge in [-0.05, 0) is 37.1 Å². The van der Waals surface area contributed by atoms with Gasteiger partial charge in [-0.1, -0.05) is 13.8 Å². The smallest absolute Gasteiger partial charge is 0.194 e. The minimum atomic E-state index is 0.391. The topological polar surface area (TPSA) is 63.9 Å². The first-order valence-electron chi connectivity index (χ1n) is 9.73. The van der Waals surface area contributed by atoms with Gasteiger partial charge in [0.2, 0.25) is 0 Å². The fourth-order valence-corrected chi connectivity index (χ4v) is 2.95. The summed E-state index contributed by atoms with van der Waals surface area (Å²) in [7, 11) is 5.66. The van der Waals surface area contributed by atoms with Gasteiger partial charge in [-0.2, -0.15) is 5.10 Å². The van der Waals surface area contributed by atoms with E-state index in [0.29, 0.717) is 19.1 Å². The van der Waals surface area contributed by atoms with E-state index in [2.05, 4.69) is 42.3 Å². The van der Waals surface area contributed by atoms with Gasteiger partial charge in [-0.15, -0.1) is 0 Å². The summed E-state index contributed by atoms with van der Waals surface area (Å²) in [4.78, 5) is 6.82. The molecular formula is C21H33N5O2. The lowest BCUT2D eigenvalue weighted by Gasteiger charge is -2.22. The van der Waals surface area contributed by atoms with Crippen molar-refractivity contribution in [3.8, 4) is 11.5 Å². The van der Waals surface area contributed by atoms with E-state index in [1.165, 1.54) is 5.56 Å². The molecule has 0 unspecified atom stereocenters. The predicted molar refractivity (Wildman–Crippen MR) is 113 cm³/mol. The van der Waals surface area contributed by atoms with Gasteiger partial charge >= 0.3 is 0 Å². The molecule has 0 radical (unpaired) electrons. The molecule has 0 fully saturated rings. The lowest BCUT2D eigenvalue weighted by Crippen LogP contribution is -2.39. The van der Waals surface area contributed by atoms with Gasteiger partial charge in [-0.3, -0.25) is 4.68 Å². The van der Waals surface area contributed by atoms with E-state index < -0.39 is 0 Å². The van der Waals surface area contributed by atoms with Crippen LogP contribution in [0.2, 0.25) is 0 Å². The zero-order chi connectivity index (χ0) is 20.5. The quantitative estimate of drug-likeness (QED) is 0.407. The number of rotatable bonds is 9. The van der Waals surface area contributed by atoms with Gasteiger partial charge in [0.1, 0.15) is 18.1 Å². The summed E-state index contributed by atoms with van der Waals surface area (Å²) in [5.74, 6) is 2.88. The molecule has 0 bridgehead atoms. The van der Waals surface area contributed by atoms with Crippen molar-refractivity contribution in [3.63, 3.8) is 0 Å². The number of nitrogens with zero attached hydrogens (tertiary/aromatic N) is 4. The van der Waals surface area contributed by atoms with Gasteiger partial charge in [-0.25, -0.2) is 4.99 Å². The van der Waals surface area contributed by atoms with Gasteiger partial charge in [0.05, 0.1) is 19.3 Å². The van der Waals surface area contributed by atoms with Crippen LogP contribution < -0.4 is 14.8 Å². The van der Waals surface area contributed by atoms with Gasteiger partial charge in [0.25, 0.3) is 0 Å². The van der Waals surface area contributed by atoms with Gasteiger partial charge in [0, 0.05) is 38.9 Å². The number of aliphatic imine (C=N–C) groups is 1.